The lowest BCUT2D eigenvalue weighted by atomic mass is 10.1. The van der Waals surface area contributed by atoms with Gasteiger partial charge in [0.1, 0.15) is 12.2 Å². The van der Waals surface area contributed by atoms with E-state index in [1.807, 2.05) is 52.4 Å². The van der Waals surface area contributed by atoms with Gasteiger partial charge in [-0.05, 0) is 17.7 Å². The zero-order valence-electron chi connectivity index (χ0n) is 17.7. The SMILES string of the molecule is O=C(Cn1c(-c2cscn2)nc2ccccc21)N[C@H](CN1CCOCC1)c1ccccc1. The quantitative estimate of drug-likeness (QED) is 0.470. The number of carbonyl (C=O) groups is 1. The van der Waals surface area contributed by atoms with Crippen LogP contribution in [0, 0.1) is 0 Å². The van der Waals surface area contributed by atoms with Gasteiger partial charge < -0.3 is 14.6 Å². The number of hydrogen-bond donors (Lipinski definition) is 1. The fraction of sp³-hybridized carbons (Fsp3) is 0.292. The van der Waals surface area contributed by atoms with E-state index in [-0.39, 0.29) is 18.5 Å². The maximum Gasteiger partial charge on any atom is 0.240 e. The maximum atomic E-state index is 13.3. The predicted molar refractivity (Wildman–Crippen MR) is 125 cm³/mol. The van der Waals surface area contributed by atoms with E-state index in [0.717, 1.165) is 55.1 Å². The number of hydrogen-bond acceptors (Lipinski definition) is 6. The molecule has 5 rings (SSSR count). The molecule has 2 aromatic heterocycles. The fourth-order valence-corrected chi connectivity index (χ4v) is 4.63. The summed E-state index contributed by atoms with van der Waals surface area (Å²) in [5.41, 5.74) is 5.45. The topological polar surface area (TPSA) is 72.3 Å². The van der Waals surface area contributed by atoms with Crippen molar-refractivity contribution in [3.05, 3.63) is 71.1 Å². The van der Waals surface area contributed by atoms with Crippen LogP contribution in [0.25, 0.3) is 22.6 Å². The molecule has 4 aromatic rings. The van der Waals surface area contributed by atoms with Crippen molar-refractivity contribution in [2.75, 3.05) is 32.8 Å². The Morgan fingerprint density at radius 1 is 1.09 bits per heavy atom. The Morgan fingerprint density at radius 2 is 1.88 bits per heavy atom. The Labute approximate surface area is 190 Å². The van der Waals surface area contributed by atoms with E-state index in [4.69, 9.17) is 9.72 Å². The van der Waals surface area contributed by atoms with Crippen LogP contribution in [0.2, 0.25) is 0 Å². The van der Waals surface area contributed by atoms with Crippen LogP contribution in [0.3, 0.4) is 0 Å². The van der Waals surface area contributed by atoms with Gasteiger partial charge in [0.15, 0.2) is 5.82 Å². The van der Waals surface area contributed by atoms with Gasteiger partial charge in [0.25, 0.3) is 0 Å². The highest BCUT2D eigenvalue weighted by Gasteiger charge is 2.22. The molecule has 32 heavy (non-hydrogen) atoms. The molecule has 0 saturated carbocycles. The average Bonchev–Trinajstić information content (AvgIpc) is 3.48. The van der Waals surface area contributed by atoms with Crippen molar-refractivity contribution in [1.29, 1.82) is 0 Å². The van der Waals surface area contributed by atoms with Gasteiger partial charge in [-0.1, -0.05) is 42.5 Å². The maximum absolute atomic E-state index is 13.3. The lowest BCUT2D eigenvalue weighted by Gasteiger charge is -2.31. The molecule has 1 atom stereocenters. The van der Waals surface area contributed by atoms with Crippen LogP contribution in [-0.2, 0) is 16.1 Å². The Kier molecular flexibility index (Phi) is 6.24. The number of amides is 1. The number of morpholine rings is 1. The van der Waals surface area contributed by atoms with Crippen molar-refractivity contribution in [3.8, 4) is 11.5 Å². The van der Waals surface area contributed by atoms with E-state index in [0.29, 0.717) is 5.82 Å². The lowest BCUT2D eigenvalue weighted by molar-refractivity contribution is -0.122. The number of carbonyl (C=O) groups excluding carboxylic acids is 1. The predicted octanol–water partition coefficient (Wildman–Crippen LogP) is 3.35. The summed E-state index contributed by atoms with van der Waals surface area (Å²) in [6.45, 7) is 4.14. The normalized spacial score (nSPS) is 15.6. The molecule has 0 spiro atoms. The Bertz CT molecular complexity index is 1170. The summed E-state index contributed by atoms with van der Waals surface area (Å²) in [6, 6.07) is 17.9. The molecule has 0 unspecified atom stereocenters. The molecule has 7 nitrogen and oxygen atoms in total. The summed E-state index contributed by atoms with van der Waals surface area (Å²) in [7, 11) is 0. The first-order valence-corrected chi connectivity index (χ1v) is 11.7. The molecule has 0 bridgehead atoms. The minimum atomic E-state index is -0.0979. The standard InChI is InChI=1S/C24H25N5O2S/c30-23(26-20(18-6-2-1-3-7-18)14-28-10-12-31-13-11-28)15-29-22-9-5-4-8-19(22)27-24(29)21-16-32-17-25-21/h1-9,16-17,20H,10-15H2,(H,26,30)/t20-/m1/s1. The molecular formula is C24H25N5O2S. The zero-order chi connectivity index (χ0) is 21.8. The highest BCUT2D eigenvalue weighted by molar-refractivity contribution is 7.07. The molecule has 1 N–H and O–H groups in total. The molecule has 1 aliphatic heterocycles. The van der Waals surface area contributed by atoms with Crippen molar-refractivity contribution >= 4 is 28.3 Å². The van der Waals surface area contributed by atoms with Crippen LogP contribution in [0.1, 0.15) is 11.6 Å². The first kappa shape index (κ1) is 20.8. The number of thiazole rings is 1. The van der Waals surface area contributed by atoms with Gasteiger partial charge in [0, 0.05) is 25.0 Å². The monoisotopic (exact) mass is 447 g/mol. The fourth-order valence-electron chi connectivity index (χ4n) is 4.10. The van der Waals surface area contributed by atoms with E-state index in [9.17, 15) is 4.79 Å². The third-order valence-corrected chi connectivity index (χ3v) is 6.29. The number of nitrogens with one attached hydrogen (secondary N) is 1. The summed E-state index contributed by atoms with van der Waals surface area (Å²) < 4.78 is 7.44. The van der Waals surface area contributed by atoms with Gasteiger partial charge >= 0.3 is 0 Å². The number of fused-ring (bicyclic) bond motifs is 1. The van der Waals surface area contributed by atoms with Crippen molar-refractivity contribution < 1.29 is 9.53 Å². The number of nitrogens with zero attached hydrogens (tertiary/aromatic N) is 4. The summed E-state index contributed by atoms with van der Waals surface area (Å²) in [6.07, 6.45) is 0. The van der Waals surface area contributed by atoms with Gasteiger partial charge in [0.2, 0.25) is 5.91 Å². The Balaban J connectivity index is 1.40. The van der Waals surface area contributed by atoms with Gasteiger partial charge in [-0.2, -0.15) is 0 Å². The first-order valence-electron chi connectivity index (χ1n) is 10.8. The van der Waals surface area contributed by atoms with Gasteiger partial charge in [-0.25, -0.2) is 9.97 Å². The molecule has 2 aromatic carbocycles. The molecule has 8 heteroatoms. The minimum absolute atomic E-state index is 0.0493. The highest BCUT2D eigenvalue weighted by Crippen LogP contribution is 2.25. The Hall–Kier alpha value is -3.07. The van der Waals surface area contributed by atoms with E-state index in [2.05, 4.69) is 27.3 Å². The molecular weight excluding hydrogens is 422 g/mol. The summed E-state index contributed by atoms with van der Waals surface area (Å²) in [5.74, 6) is 0.666. The molecule has 1 amide bonds. The van der Waals surface area contributed by atoms with Crippen LogP contribution in [0.5, 0.6) is 0 Å². The molecule has 0 radical (unpaired) electrons. The number of benzene rings is 2. The zero-order valence-corrected chi connectivity index (χ0v) is 18.5. The van der Waals surface area contributed by atoms with Crippen molar-refractivity contribution in [2.24, 2.45) is 0 Å². The van der Waals surface area contributed by atoms with Crippen LogP contribution in [0.4, 0.5) is 0 Å². The van der Waals surface area contributed by atoms with Crippen molar-refractivity contribution in [2.45, 2.75) is 12.6 Å². The third-order valence-electron chi connectivity index (χ3n) is 5.70. The summed E-state index contributed by atoms with van der Waals surface area (Å²) in [4.78, 5) is 24.8. The second-order valence-electron chi connectivity index (χ2n) is 7.83. The molecule has 1 saturated heterocycles. The van der Waals surface area contributed by atoms with Crippen LogP contribution < -0.4 is 5.32 Å². The highest BCUT2D eigenvalue weighted by atomic mass is 32.1. The number of para-hydroxylation sites is 2. The average molecular weight is 448 g/mol. The minimum Gasteiger partial charge on any atom is -0.379 e. The molecule has 1 fully saturated rings. The number of aromatic nitrogens is 3. The smallest absolute Gasteiger partial charge is 0.240 e. The van der Waals surface area contributed by atoms with E-state index < -0.39 is 0 Å². The van der Waals surface area contributed by atoms with Gasteiger partial charge in [-0.15, -0.1) is 11.3 Å². The Morgan fingerprint density at radius 3 is 2.66 bits per heavy atom. The second kappa shape index (κ2) is 9.60. The molecule has 3 heterocycles. The lowest BCUT2D eigenvalue weighted by Crippen LogP contribution is -2.43. The molecule has 1 aliphatic rings. The second-order valence-corrected chi connectivity index (χ2v) is 8.55. The number of rotatable bonds is 7. The van der Waals surface area contributed by atoms with Crippen molar-refractivity contribution in [1.82, 2.24) is 24.8 Å². The van der Waals surface area contributed by atoms with Crippen LogP contribution in [0.15, 0.2) is 65.5 Å². The van der Waals surface area contributed by atoms with Crippen LogP contribution >= 0.6 is 11.3 Å². The van der Waals surface area contributed by atoms with Gasteiger partial charge in [-0.3, -0.25) is 9.69 Å². The number of ether oxygens (including phenoxy) is 1. The van der Waals surface area contributed by atoms with E-state index in [1.165, 1.54) is 11.3 Å². The van der Waals surface area contributed by atoms with Crippen molar-refractivity contribution in [3.63, 3.8) is 0 Å². The number of imidazole rings is 1. The van der Waals surface area contributed by atoms with E-state index >= 15 is 0 Å². The van der Waals surface area contributed by atoms with Crippen LogP contribution in [-0.4, -0.2) is 58.2 Å². The summed E-state index contributed by atoms with van der Waals surface area (Å²) in [5, 5.41) is 5.23. The summed E-state index contributed by atoms with van der Waals surface area (Å²) >= 11 is 1.52. The van der Waals surface area contributed by atoms with Gasteiger partial charge in [0.05, 0.1) is 35.8 Å². The molecule has 0 aliphatic carbocycles. The first-order chi connectivity index (χ1) is 15.8. The van der Waals surface area contributed by atoms with E-state index in [1.54, 1.807) is 5.51 Å². The molecule has 164 valence electrons. The largest absolute Gasteiger partial charge is 0.379 e. The third kappa shape index (κ3) is 4.57.